The Kier molecular flexibility index (Phi) is 14.1. The average Bonchev–Trinajstić information content (AvgIpc) is 3.17. The molecule has 2 N–H and O–H groups in total. The largest absolute Gasteiger partial charge is 0.489 e. The van der Waals surface area contributed by atoms with E-state index in [9.17, 15) is 8.42 Å². The summed E-state index contributed by atoms with van der Waals surface area (Å²) in [6, 6.07) is 47.5. The van der Waals surface area contributed by atoms with Crippen molar-refractivity contribution in [2.45, 2.75) is 70.7 Å². The first-order valence-corrected chi connectivity index (χ1v) is 22.6. The van der Waals surface area contributed by atoms with Gasteiger partial charge in [-0.1, -0.05) is 130 Å². The predicted molar refractivity (Wildman–Crippen MR) is 215 cm³/mol. The van der Waals surface area contributed by atoms with Gasteiger partial charge in [-0.2, -0.15) is 0 Å². The Morgan fingerprint density at radius 1 is 0.635 bits per heavy atom. The van der Waals surface area contributed by atoms with Crippen LogP contribution in [0.2, 0.25) is 18.1 Å². The lowest BCUT2D eigenvalue weighted by atomic mass is 9.98. The zero-order valence-corrected chi connectivity index (χ0v) is 32.6. The Labute approximate surface area is 311 Å². The third kappa shape index (κ3) is 11.5. The molecule has 0 fully saturated rings. The second-order valence-corrected chi connectivity index (χ2v) is 19.7. The van der Waals surface area contributed by atoms with Gasteiger partial charge in [0.2, 0.25) is 10.0 Å². The topological polar surface area (TPSA) is 85.9 Å². The fourth-order valence-electron chi connectivity index (χ4n) is 6.36. The molecule has 0 bridgehead atoms. The van der Waals surface area contributed by atoms with Crippen molar-refractivity contribution in [3.63, 3.8) is 0 Å². The van der Waals surface area contributed by atoms with Gasteiger partial charge < -0.3 is 19.2 Å². The van der Waals surface area contributed by atoms with E-state index < -0.39 is 18.3 Å². The van der Waals surface area contributed by atoms with Gasteiger partial charge in [0.15, 0.2) is 8.32 Å². The summed E-state index contributed by atoms with van der Waals surface area (Å²) in [5, 5.41) is 3.87. The highest BCUT2D eigenvalue weighted by Gasteiger charge is 2.33. The number of nitrogens with one attached hydrogen (secondary N) is 2. The molecule has 0 radical (unpaired) electrons. The SMILES string of the molecule is CC[Si](CC)(CC)OC(CNC(Cc1ccccc1)c1ccc(OCc2ccccc2)cc1)c1ccc(OCc2ccccc2)c(NS(C)(=O)=O)c1. The van der Waals surface area contributed by atoms with Crippen molar-refractivity contribution in [2.24, 2.45) is 0 Å². The second kappa shape index (κ2) is 18.9. The summed E-state index contributed by atoms with van der Waals surface area (Å²) in [6.45, 7) is 8.02. The summed E-state index contributed by atoms with van der Waals surface area (Å²) in [5.74, 6) is 1.28. The maximum Gasteiger partial charge on any atom is 0.229 e. The molecule has 2 unspecified atom stereocenters. The van der Waals surface area contributed by atoms with Crippen LogP contribution in [0, 0.1) is 0 Å². The lowest BCUT2D eigenvalue weighted by Crippen LogP contribution is -2.40. The fraction of sp³-hybridized carbons (Fsp3) is 0.302. The third-order valence-corrected chi connectivity index (χ3v) is 14.8. The number of ether oxygens (including phenoxy) is 2. The Morgan fingerprint density at radius 3 is 1.69 bits per heavy atom. The molecule has 0 aliphatic carbocycles. The van der Waals surface area contributed by atoms with Crippen molar-refractivity contribution < 1.29 is 22.3 Å². The molecule has 0 saturated carbocycles. The maximum atomic E-state index is 12.5. The van der Waals surface area contributed by atoms with E-state index in [0.29, 0.717) is 31.2 Å². The van der Waals surface area contributed by atoms with E-state index in [2.05, 4.69) is 79.3 Å². The second-order valence-electron chi connectivity index (χ2n) is 13.2. The molecule has 0 spiro atoms. The number of anilines is 1. The molecule has 2 atom stereocenters. The summed E-state index contributed by atoms with van der Waals surface area (Å²) in [6.07, 6.45) is 1.62. The van der Waals surface area contributed by atoms with Gasteiger partial charge in [0.1, 0.15) is 24.7 Å². The molecule has 0 amide bonds. The smallest absolute Gasteiger partial charge is 0.229 e. The van der Waals surface area contributed by atoms with Gasteiger partial charge >= 0.3 is 0 Å². The quantitative estimate of drug-likeness (QED) is 0.0774. The van der Waals surface area contributed by atoms with Crippen LogP contribution < -0.4 is 19.5 Å². The minimum Gasteiger partial charge on any atom is -0.489 e. The van der Waals surface area contributed by atoms with Gasteiger partial charge in [-0.25, -0.2) is 8.42 Å². The predicted octanol–water partition coefficient (Wildman–Crippen LogP) is 9.85. The number of sulfonamides is 1. The first-order chi connectivity index (χ1) is 25.2. The van der Waals surface area contributed by atoms with E-state index in [1.54, 1.807) is 0 Å². The highest BCUT2D eigenvalue weighted by Crippen LogP contribution is 2.35. The monoisotopic (exact) mass is 736 g/mol. The Morgan fingerprint density at radius 2 is 1.15 bits per heavy atom. The van der Waals surface area contributed by atoms with Crippen LogP contribution in [0.3, 0.4) is 0 Å². The van der Waals surface area contributed by atoms with Crippen molar-refractivity contribution in [1.29, 1.82) is 0 Å². The molecule has 274 valence electrons. The Balaban J connectivity index is 1.43. The third-order valence-electron chi connectivity index (χ3n) is 9.60. The molecule has 9 heteroatoms. The van der Waals surface area contributed by atoms with Gasteiger partial charge in [0, 0.05) is 12.6 Å². The van der Waals surface area contributed by atoms with Gasteiger partial charge in [-0.3, -0.25) is 4.72 Å². The first-order valence-electron chi connectivity index (χ1n) is 18.2. The number of benzene rings is 5. The summed E-state index contributed by atoms with van der Waals surface area (Å²) >= 11 is 0. The fourth-order valence-corrected chi connectivity index (χ4v) is 9.74. The summed E-state index contributed by atoms with van der Waals surface area (Å²) in [4.78, 5) is 0. The minimum atomic E-state index is -3.58. The molecule has 7 nitrogen and oxygen atoms in total. The van der Waals surface area contributed by atoms with E-state index >= 15 is 0 Å². The van der Waals surface area contributed by atoms with Crippen molar-refractivity contribution in [3.05, 3.63) is 161 Å². The molecule has 0 aromatic heterocycles. The number of rotatable bonds is 20. The molecule has 52 heavy (non-hydrogen) atoms. The summed E-state index contributed by atoms with van der Waals surface area (Å²) in [7, 11) is -5.68. The standard InChI is InChI=1S/C43H52N2O5SSi/c1-5-52(6-2,7-3)50-43(38-25-28-42(41(30-38)45-51(4,46)47)49-33-36-21-15-10-16-22-36)31-44-40(29-34-17-11-8-12-18-34)37-23-26-39(27-24-37)48-32-35-19-13-9-14-20-35/h8-28,30,40,43-45H,5-7,29,31-33H2,1-4H3. The first kappa shape index (κ1) is 38.8. The molecule has 0 aliphatic heterocycles. The van der Waals surface area contributed by atoms with Crippen molar-refractivity contribution >= 4 is 24.0 Å². The minimum absolute atomic E-state index is 0.0142. The summed E-state index contributed by atoms with van der Waals surface area (Å²) < 4.78 is 47.2. The number of hydrogen-bond acceptors (Lipinski definition) is 6. The van der Waals surface area contributed by atoms with E-state index in [1.807, 2.05) is 84.9 Å². The van der Waals surface area contributed by atoms with Crippen LogP contribution >= 0.6 is 0 Å². The van der Waals surface area contributed by atoms with Gasteiger partial charge in [0.05, 0.1) is 18.0 Å². The van der Waals surface area contributed by atoms with Crippen LogP contribution in [-0.2, 0) is 34.1 Å². The van der Waals surface area contributed by atoms with Gasteiger partial charge in [-0.05, 0) is 76.6 Å². The Hall–Kier alpha value is -4.41. The molecular weight excluding hydrogens is 685 g/mol. The summed E-state index contributed by atoms with van der Waals surface area (Å²) in [5.41, 5.74) is 5.77. The molecular formula is C43H52N2O5SSi. The van der Waals surface area contributed by atoms with Crippen LogP contribution in [0.5, 0.6) is 11.5 Å². The molecule has 5 aromatic carbocycles. The lowest BCUT2D eigenvalue weighted by Gasteiger charge is -2.35. The van der Waals surface area contributed by atoms with Crippen LogP contribution in [0.15, 0.2) is 133 Å². The van der Waals surface area contributed by atoms with Crippen LogP contribution in [-0.4, -0.2) is 29.5 Å². The van der Waals surface area contributed by atoms with Crippen LogP contribution in [0.25, 0.3) is 0 Å². The molecule has 5 aromatic rings. The normalized spacial score (nSPS) is 12.9. The van der Waals surface area contributed by atoms with Crippen LogP contribution in [0.1, 0.15) is 60.7 Å². The maximum absolute atomic E-state index is 12.5. The van der Waals surface area contributed by atoms with Gasteiger partial charge in [-0.15, -0.1) is 0 Å². The van der Waals surface area contributed by atoms with Crippen LogP contribution in [0.4, 0.5) is 5.69 Å². The molecule has 0 heterocycles. The van der Waals surface area contributed by atoms with E-state index in [0.717, 1.165) is 58.8 Å². The zero-order chi connectivity index (χ0) is 36.8. The van der Waals surface area contributed by atoms with E-state index in [-0.39, 0.29) is 12.1 Å². The zero-order valence-electron chi connectivity index (χ0n) is 30.8. The highest BCUT2D eigenvalue weighted by atomic mass is 32.2. The number of hydrogen-bond donors (Lipinski definition) is 2. The molecule has 0 aliphatic rings. The Bertz CT molecular complexity index is 1900. The van der Waals surface area contributed by atoms with E-state index in [4.69, 9.17) is 13.9 Å². The molecule has 5 rings (SSSR count). The average molecular weight is 737 g/mol. The molecule has 0 saturated heterocycles. The van der Waals surface area contributed by atoms with Crippen molar-refractivity contribution in [1.82, 2.24) is 5.32 Å². The van der Waals surface area contributed by atoms with Crippen molar-refractivity contribution in [2.75, 3.05) is 17.5 Å². The van der Waals surface area contributed by atoms with E-state index in [1.165, 1.54) is 5.56 Å². The lowest BCUT2D eigenvalue weighted by molar-refractivity contribution is 0.181. The van der Waals surface area contributed by atoms with Crippen molar-refractivity contribution in [3.8, 4) is 11.5 Å². The highest BCUT2D eigenvalue weighted by molar-refractivity contribution is 7.92. The van der Waals surface area contributed by atoms with Gasteiger partial charge in [0.25, 0.3) is 0 Å².